The largest absolute Gasteiger partial charge is 0.237 e. The Morgan fingerprint density at radius 3 is 3.09 bits per heavy atom. The molecular formula is C7H4BrClN2. The fourth-order valence-electron chi connectivity index (χ4n) is 1.01. The van der Waals surface area contributed by atoms with Crippen LogP contribution < -0.4 is 0 Å². The number of alkyl halides is 1. The number of fused-ring (bicyclic) bond motifs is 1. The summed E-state index contributed by atoms with van der Waals surface area (Å²) in [6, 6.07) is 0. The lowest BCUT2D eigenvalue weighted by Crippen LogP contribution is -2.10. The van der Waals surface area contributed by atoms with E-state index in [-0.39, 0.29) is 5.38 Å². The standard InChI is InChI=1S/C7H4BrClN2/c8-4-3-11-7-6(4)5(9)1-2-10-7/h1-3,5H/t5-/m0/s1. The molecule has 0 bridgehead atoms. The van der Waals surface area contributed by atoms with Crippen molar-refractivity contribution in [2.24, 2.45) is 9.98 Å². The van der Waals surface area contributed by atoms with Crippen LogP contribution in [0.4, 0.5) is 0 Å². The van der Waals surface area contributed by atoms with Crippen LogP contribution in [0, 0.1) is 0 Å². The third kappa shape index (κ3) is 1.08. The van der Waals surface area contributed by atoms with Gasteiger partial charge in [0.05, 0.1) is 5.38 Å². The van der Waals surface area contributed by atoms with Gasteiger partial charge in [-0.2, -0.15) is 0 Å². The van der Waals surface area contributed by atoms with Crippen LogP contribution in [0.1, 0.15) is 0 Å². The molecule has 0 aliphatic carbocycles. The molecular weight excluding hydrogens is 227 g/mol. The van der Waals surface area contributed by atoms with Gasteiger partial charge in [0.15, 0.2) is 5.84 Å². The molecule has 1 atom stereocenters. The van der Waals surface area contributed by atoms with E-state index in [2.05, 4.69) is 25.9 Å². The average molecular weight is 231 g/mol. The van der Waals surface area contributed by atoms with Crippen molar-refractivity contribution < 1.29 is 0 Å². The molecule has 2 rings (SSSR count). The lowest BCUT2D eigenvalue weighted by Gasteiger charge is -2.09. The second-order valence-corrected chi connectivity index (χ2v) is 3.54. The van der Waals surface area contributed by atoms with E-state index in [0.29, 0.717) is 0 Å². The van der Waals surface area contributed by atoms with Gasteiger partial charge in [0, 0.05) is 22.5 Å². The smallest absolute Gasteiger partial charge is 0.158 e. The lowest BCUT2D eigenvalue weighted by atomic mass is 10.1. The van der Waals surface area contributed by atoms with Crippen molar-refractivity contribution in [2.75, 3.05) is 0 Å². The van der Waals surface area contributed by atoms with Gasteiger partial charge in [0.1, 0.15) is 0 Å². The highest BCUT2D eigenvalue weighted by Gasteiger charge is 2.23. The monoisotopic (exact) mass is 230 g/mol. The number of hydrogen-bond acceptors (Lipinski definition) is 2. The average Bonchev–Trinajstić information content (AvgIpc) is 2.34. The predicted molar refractivity (Wildman–Crippen MR) is 50.7 cm³/mol. The third-order valence-corrected chi connectivity index (χ3v) is 2.52. The van der Waals surface area contributed by atoms with E-state index in [1.165, 1.54) is 0 Å². The van der Waals surface area contributed by atoms with Gasteiger partial charge in [0.25, 0.3) is 0 Å². The zero-order chi connectivity index (χ0) is 7.84. The number of allylic oxidation sites excluding steroid dienone is 2. The Bertz CT molecular complexity index is 314. The Morgan fingerprint density at radius 2 is 2.36 bits per heavy atom. The summed E-state index contributed by atoms with van der Waals surface area (Å²) in [5.74, 6) is 0.722. The summed E-state index contributed by atoms with van der Waals surface area (Å²) in [6.07, 6.45) is 5.23. The first-order chi connectivity index (χ1) is 5.29. The highest BCUT2D eigenvalue weighted by Crippen LogP contribution is 2.27. The summed E-state index contributed by atoms with van der Waals surface area (Å²) in [5.41, 5.74) is 0.967. The van der Waals surface area contributed by atoms with Gasteiger partial charge in [0.2, 0.25) is 0 Å². The fraction of sp³-hybridized carbons (Fsp3) is 0.143. The molecule has 0 aromatic heterocycles. The van der Waals surface area contributed by atoms with Crippen molar-refractivity contribution >= 4 is 39.6 Å². The zero-order valence-electron chi connectivity index (χ0n) is 5.46. The number of hydrogen-bond donors (Lipinski definition) is 0. The summed E-state index contributed by atoms with van der Waals surface area (Å²) in [6.45, 7) is 0. The minimum atomic E-state index is -0.0978. The van der Waals surface area contributed by atoms with Crippen molar-refractivity contribution in [3.05, 3.63) is 22.3 Å². The maximum atomic E-state index is 5.98. The molecule has 2 heterocycles. The van der Waals surface area contributed by atoms with Crippen LogP contribution in [-0.4, -0.2) is 17.4 Å². The molecule has 0 radical (unpaired) electrons. The molecule has 0 spiro atoms. The van der Waals surface area contributed by atoms with Crippen LogP contribution in [0.25, 0.3) is 0 Å². The summed E-state index contributed by atoms with van der Waals surface area (Å²) < 4.78 is 0.931. The molecule has 0 fully saturated rings. The quantitative estimate of drug-likeness (QED) is 0.571. The molecule has 0 aromatic carbocycles. The van der Waals surface area contributed by atoms with Gasteiger partial charge >= 0.3 is 0 Å². The first-order valence-corrected chi connectivity index (χ1v) is 4.34. The Balaban J connectivity index is 2.52. The molecule has 0 saturated heterocycles. The molecule has 4 heteroatoms. The Labute approximate surface area is 77.5 Å². The van der Waals surface area contributed by atoms with Crippen LogP contribution in [0.5, 0.6) is 0 Å². The lowest BCUT2D eigenvalue weighted by molar-refractivity contribution is 1.25. The predicted octanol–water partition coefficient (Wildman–Crippen LogP) is 2.25. The third-order valence-electron chi connectivity index (χ3n) is 1.53. The van der Waals surface area contributed by atoms with Crippen LogP contribution in [0.15, 0.2) is 32.3 Å². The number of halogens is 2. The van der Waals surface area contributed by atoms with Gasteiger partial charge in [-0.1, -0.05) is 0 Å². The maximum absolute atomic E-state index is 5.98. The van der Waals surface area contributed by atoms with Crippen LogP contribution >= 0.6 is 27.5 Å². The Morgan fingerprint density at radius 1 is 1.55 bits per heavy atom. The number of amidine groups is 1. The summed E-state index contributed by atoms with van der Waals surface area (Å²) >= 11 is 9.33. The van der Waals surface area contributed by atoms with Gasteiger partial charge in [-0.05, 0) is 22.0 Å². The van der Waals surface area contributed by atoms with E-state index >= 15 is 0 Å². The summed E-state index contributed by atoms with van der Waals surface area (Å²) in [5, 5.41) is -0.0978. The van der Waals surface area contributed by atoms with Crippen molar-refractivity contribution in [3.63, 3.8) is 0 Å². The van der Waals surface area contributed by atoms with Crippen LogP contribution in [-0.2, 0) is 0 Å². The number of nitrogens with zero attached hydrogens (tertiary/aromatic N) is 2. The fourth-order valence-corrected chi connectivity index (χ4v) is 1.95. The highest BCUT2D eigenvalue weighted by atomic mass is 79.9. The molecule has 0 unspecified atom stereocenters. The SMILES string of the molecule is Cl[C@H]1C=CN=C2N=CC(Br)=C21. The molecule has 2 nitrogen and oxygen atoms in total. The maximum Gasteiger partial charge on any atom is 0.158 e. The van der Waals surface area contributed by atoms with Gasteiger partial charge in [-0.15, -0.1) is 11.6 Å². The van der Waals surface area contributed by atoms with E-state index in [1.54, 1.807) is 12.4 Å². The number of rotatable bonds is 0. The second-order valence-electron chi connectivity index (χ2n) is 2.22. The summed E-state index contributed by atoms with van der Waals surface area (Å²) in [4.78, 5) is 8.12. The van der Waals surface area contributed by atoms with Gasteiger partial charge in [-0.25, -0.2) is 9.98 Å². The molecule has 0 aromatic rings. The molecule has 2 aliphatic rings. The molecule has 0 amide bonds. The van der Waals surface area contributed by atoms with E-state index in [0.717, 1.165) is 15.9 Å². The van der Waals surface area contributed by atoms with E-state index < -0.39 is 0 Å². The van der Waals surface area contributed by atoms with Crippen LogP contribution in [0.3, 0.4) is 0 Å². The highest BCUT2D eigenvalue weighted by molar-refractivity contribution is 9.12. The Kier molecular flexibility index (Phi) is 1.69. The topological polar surface area (TPSA) is 24.7 Å². The number of aliphatic imine (C=N–C) groups is 2. The molecule has 0 N–H and O–H groups in total. The molecule has 0 saturated carbocycles. The van der Waals surface area contributed by atoms with Crippen molar-refractivity contribution in [1.82, 2.24) is 0 Å². The van der Waals surface area contributed by atoms with E-state index in [9.17, 15) is 0 Å². The minimum absolute atomic E-state index is 0.0978. The normalized spacial score (nSPS) is 27.5. The molecule has 2 aliphatic heterocycles. The first-order valence-electron chi connectivity index (χ1n) is 3.11. The molecule has 56 valence electrons. The first kappa shape index (κ1) is 7.25. The van der Waals surface area contributed by atoms with E-state index in [1.807, 2.05) is 6.08 Å². The van der Waals surface area contributed by atoms with Crippen molar-refractivity contribution in [2.45, 2.75) is 5.38 Å². The Hall–Kier alpha value is -0.410. The minimum Gasteiger partial charge on any atom is -0.237 e. The second kappa shape index (κ2) is 2.57. The zero-order valence-corrected chi connectivity index (χ0v) is 7.80. The van der Waals surface area contributed by atoms with Gasteiger partial charge in [-0.3, -0.25) is 0 Å². The summed E-state index contributed by atoms with van der Waals surface area (Å²) in [7, 11) is 0. The van der Waals surface area contributed by atoms with Crippen molar-refractivity contribution in [1.29, 1.82) is 0 Å². The van der Waals surface area contributed by atoms with Crippen LogP contribution in [0.2, 0.25) is 0 Å². The van der Waals surface area contributed by atoms with E-state index in [4.69, 9.17) is 11.6 Å². The van der Waals surface area contributed by atoms with Crippen molar-refractivity contribution in [3.8, 4) is 0 Å². The van der Waals surface area contributed by atoms with Gasteiger partial charge < -0.3 is 0 Å². The molecule has 11 heavy (non-hydrogen) atoms.